The molecule has 0 bridgehead atoms. The molecule has 0 fully saturated rings. The van der Waals surface area contributed by atoms with Crippen LogP contribution in [0.15, 0.2) is 36.7 Å². The molecule has 0 aliphatic heterocycles. The highest BCUT2D eigenvalue weighted by Crippen LogP contribution is 2.21. The van der Waals surface area contributed by atoms with Gasteiger partial charge in [-0.3, -0.25) is 0 Å². The number of nitrogens with one attached hydrogen (secondary N) is 2. The number of hydrogen-bond acceptors (Lipinski definition) is 6. The molecule has 0 saturated heterocycles. The number of para-hydroxylation sites is 1. The zero-order chi connectivity index (χ0) is 15.8. The minimum absolute atomic E-state index is 0.390. The van der Waals surface area contributed by atoms with E-state index < -0.39 is 5.97 Å². The Morgan fingerprint density at radius 3 is 2.77 bits per heavy atom. The molecule has 116 valence electrons. The van der Waals surface area contributed by atoms with Crippen LogP contribution in [-0.4, -0.2) is 29.6 Å². The van der Waals surface area contributed by atoms with E-state index in [-0.39, 0.29) is 0 Å². The fourth-order valence-electron chi connectivity index (χ4n) is 1.93. The van der Waals surface area contributed by atoms with Gasteiger partial charge in [-0.1, -0.05) is 25.5 Å². The third-order valence-electron chi connectivity index (χ3n) is 3.10. The fourth-order valence-corrected chi connectivity index (χ4v) is 1.93. The average molecular weight is 300 g/mol. The average Bonchev–Trinajstić information content (AvgIpc) is 2.55. The van der Waals surface area contributed by atoms with Gasteiger partial charge in [-0.25, -0.2) is 14.8 Å². The van der Waals surface area contributed by atoms with Crippen LogP contribution in [0.25, 0.3) is 0 Å². The molecule has 1 aromatic carbocycles. The Bertz CT molecular complexity index is 631. The van der Waals surface area contributed by atoms with Crippen LogP contribution < -0.4 is 10.6 Å². The highest BCUT2D eigenvalue weighted by molar-refractivity contribution is 5.96. The highest BCUT2D eigenvalue weighted by atomic mass is 16.5. The van der Waals surface area contributed by atoms with Crippen LogP contribution in [0.5, 0.6) is 0 Å². The Kier molecular flexibility index (Phi) is 5.71. The van der Waals surface area contributed by atoms with Crippen LogP contribution in [0.2, 0.25) is 0 Å². The maximum atomic E-state index is 11.8. The quantitative estimate of drug-likeness (QED) is 0.604. The van der Waals surface area contributed by atoms with Gasteiger partial charge in [0, 0.05) is 12.6 Å². The van der Waals surface area contributed by atoms with Crippen molar-refractivity contribution in [3.8, 4) is 0 Å². The van der Waals surface area contributed by atoms with Gasteiger partial charge < -0.3 is 15.4 Å². The van der Waals surface area contributed by atoms with E-state index in [0.717, 1.165) is 25.2 Å². The molecule has 0 unspecified atom stereocenters. The third-order valence-corrected chi connectivity index (χ3v) is 3.10. The summed E-state index contributed by atoms with van der Waals surface area (Å²) in [5.74, 6) is 0.977. The van der Waals surface area contributed by atoms with Crippen molar-refractivity contribution in [2.24, 2.45) is 0 Å². The molecule has 0 spiro atoms. The van der Waals surface area contributed by atoms with Gasteiger partial charge in [0.15, 0.2) is 0 Å². The predicted octanol–water partition coefficient (Wildman–Crippen LogP) is 3.22. The monoisotopic (exact) mass is 300 g/mol. The van der Waals surface area contributed by atoms with Gasteiger partial charge in [-0.15, -0.1) is 0 Å². The molecule has 2 rings (SSSR count). The smallest absolute Gasteiger partial charge is 0.339 e. The van der Waals surface area contributed by atoms with Crippen LogP contribution in [0.3, 0.4) is 0 Å². The molecule has 6 nitrogen and oxygen atoms in total. The SMILES string of the molecule is CCCCNc1cc(Nc2ccccc2C(=O)OC)ncn1. The van der Waals surface area contributed by atoms with E-state index in [9.17, 15) is 4.79 Å². The number of unbranched alkanes of at least 4 members (excludes halogenated alkanes) is 1. The summed E-state index contributed by atoms with van der Waals surface area (Å²) in [6.45, 7) is 3.00. The van der Waals surface area contributed by atoms with Gasteiger partial charge in [-0.05, 0) is 18.6 Å². The molecule has 0 aliphatic carbocycles. The van der Waals surface area contributed by atoms with Gasteiger partial charge in [0.2, 0.25) is 0 Å². The summed E-state index contributed by atoms with van der Waals surface area (Å²) in [7, 11) is 1.36. The first-order chi connectivity index (χ1) is 10.7. The molecule has 2 N–H and O–H groups in total. The standard InChI is InChI=1S/C16H20N4O2/c1-3-4-9-17-14-10-15(19-11-18-14)20-13-8-6-5-7-12(13)16(21)22-2/h5-8,10-11H,3-4,9H2,1-2H3,(H2,17,18,19,20). The number of hydrogen-bond donors (Lipinski definition) is 2. The van der Waals surface area contributed by atoms with E-state index in [1.807, 2.05) is 12.1 Å². The molecule has 0 aliphatic rings. The van der Waals surface area contributed by atoms with Gasteiger partial charge in [0.05, 0.1) is 18.4 Å². The number of anilines is 3. The van der Waals surface area contributed by atoms with Crippen LogP contribution >= 0.6 is 0 Å². The Morgan fingerprint density at radius 2 is 2.00 bits per heavy atom. The first-order valence-electron chi connectivity index (χ1n) is 7.25. The number of benzene rings is 1. The van der Waals surface area contributed by atoms with E-state index in [1.165, 1.54) is 13.4 Å². The zero-order valence-electron chi connectivity index (χ0n) is 12.8. The second-order valence-corrected chi connectivity index (χ2v) is 4.73. The van der Waals surface area contributed by atoms with E-state index in [1.54, 1.807) is 18.2 Å². The number of methoxy groups -OCH3 is 1. The molecule has 1 aromatic heterocycles. The summed E-state index contributed by atoms with van der Waals surface area (Å²) in [4.78, 5) is 20.1. The molecule has 0 amide bonds. The molecule has 2 aromatic rings. The van der Waals surface area contributed by atoms with Gasteiger partial charge >= 0.3 is 5.97 Å². The number of ether oxygens (including phenoxy) is 1. The van der Waals surface area contributed by atoms with Crippen LogP contribution in [0, 0.1) is 0 Å². The Labute approximate surface area is 129 Å². The first-order valence-corrected chi connectivity index (χ1v) is 7.25. The molecule has 1 heterocycles. The van der Waals surface area contributed by atoms with E-state index >= 15 is 0 Å². The van der Waals surface area contributed by atoms with E-state index in [0.29, 0.717) is 17.1 Å². The topological polar surface area (TPSA) is 76.1 Å². The van der Waals surface area contributed by atoms with Gasteiger partial charge in [-0.2, -0.15) is 0 Å². The van der Waals surface area contributed by atoms with Crippen molar-refractivity contribution >= 4 is 23.3 Å². The van der Waals surface area contributed by atoms with Gasteiger partial charge in [0.1, 0.15) is 18.0 Å². The van der Waals surface area contributed by atoms with Crippen LogP contribution in [-0.2, 0) is 4.74 Å². The van der Waals surface area contributed by atoms with Crippen LogP contribution in [0.1, 0.15) is 30.1 Å². The lowest BCUT2D eigenvalue weighted by atomic mass is 10.2. The molecule has 6 heteroatoms. The number of rotatable bonds is 7. The summed E-state index contributed by atoms with van der Waals surface area (Å²) in [5, 5.41) is 6.36. The molecular formula is C16H20N4O2. The number of carbonyl (C=O) groups is 1. The molecule has 0 radical (unpaired) electrons. The van der Waals surface area contributed by atoms with Gasteiger partial charge in [0.25, 0.3) is 0 Å². The molecule has 0 atom stereocenters. The summed E-state index contributed by atoms with van der Waals surface area (Å²) in [6.07, 6.45) is 3.69. The Hall–Kier alpha value is -2.63. The van der Waals surface area contributed by atoms with Crippen molar-refractivity contribution in [3.05, 3.63) is 42.2 Å². The van der Waals surface area contributed by atoms with E-state index in [4.69, 9.17) is 4.74 Å². The maximum absolute atomic E-state index is 11.8. The minimum atomic E-state index is -0.390. The lowest BCUT2D eigenvalue weighted by Gasteiger charge is -2.11. The van der Waals surface area contributed by atoms with Crippen molar-refractivity contribution in [2.75, 3.05) is 24.3 Å². The number of aromatic nitrogens is 2. The van der Waals surface area contributed by atoms with Crippen molar-refractivity contribution in [3.63, 3.8) is 0 Å². The summed E-state index contributed by atoms with van der Waals surface area (Å²) >= 11 is 0. The second-order valence-electron chi connectivity index (χ2n) is 4.73. The van der Waals surface area contributed by atoms with Crippen molar-refractivity contribution in [1.29, 1.82) is 0 Å². The van der Waals surface area contributed by atoms with E-state index in [2.05, 4.69) is 27.5 Å². The molecule has 0 saturated carbocycles. The fraction of sp³-hybridized carbons (Fsp3) is 0.312. The van der Waals surface area contributed by atoms with Crippen LogP contribution in [0.4, 0.5) is 17.3 Å². The number of nitrogens with zero attached hydrogens (tertiary/aromatic N) is 2. The normalized spacial score (nSPS) is 10.1. The lowest BCUT2D eigenvalue weighted by molar-refractivity contribution is 0.0602. The van der Waals surface area contributed by atoms with Crippen molar-refractivity contribution in [1.82, 2.24) is 9.97 Å². The summed E-state index contributed by atoms with van der Waals surface area (Å²) in [6, 6.07) is 8.95. The molecular weight excluding hydrogens is 280 g/mol. The summed E-state index contributed by atoms with van der Waals surface area (Å²) < 4.78 is 4.78. The van der Waals surface area contributed by atoms with Crippen molar-refractivity contribution < 1.29 is 9.53 Å². The first kappa shape index (κ1) is 15.8. The largest absolute Gasteiger partial charge is 0.465 e. The number of esters is 1. The summed E-state index contributed by atoms with van der Waals surface area (Å²) in [5.41, 5.74) is 1.11. The second kappa shape index (κ2) is 7.97. The maximum Gasteiger partial charge on any atom is 0.339 e. The highest BCUT2D eigenvalue weighted by Gasteiger charge is 2.11. The molecule has 22 heavy (non-hydrogen) atoms. The number of carbonyl (C=O) groups excluding carboxylic acids is 1. The Morgan fingerprint density at radius 1 is 1.23 bits per heavy atom. The Balaban J connectivity index is 2.14. The predicted molar refractivity (Wildman–Crippen MR) is 86.5 cm³/mol. The third kappa shape index (κ3) is 4.18. The minimum Gasteiger partial charge on any atom is -0.465 e. The lowest BCUT2D eigenvalue weighted by Crippen LogP contribution is -2.07. The van der Waals surface area contributed by atoms with Crippen molar-refractivity contribution in [2.45, 2.75) is 19.8 Å². The zero-order valence-corrected chi connectivity index (χ0v) is 12.8.